The lowest BCUT2D eigenvalue weighted by Crippen LogP contribution is -2.42. The highest BCUT2D eigenvalue weighted by molar-refractivity contribution is 4.81. The number of hydrogen-bond donors (Lipinski definition) is 1. The zero-order valence-electron chi connectivity index (χ0n) is 12.2. The van der Waals surface area contributed by atoms with E-state index in [4.69, 9.17) is 0 Å². The second kappa shape index (κ2) is 10.1. The Kier molecular flexibility index (Phi) is 10.1. The maximum Gasteiger partial charge on any atom is 0.0123 e. The van der Waals surface area contributed by atoms with Crippen molar-refractivity contribution in [1.29, 1.82) is 0 Å². The molecule has 0 heterocycles. The van der Waals surface area contributed by atoms with Crippen molar-refractivity contribution in [3.05, 3.63) is 0 Å². The van der Waals surface area contributed by atoms with Crippen LogP contribution in [0.3, 0.4) is 0 Å². The molecule has 16 heavy (non-hydrogen) atoms. The standard InChI is InChI=1S/C15H33N/c1-6-11-14(12-7-2)15(16-10-5)13(8-3)9-4/h13-16H,6-12H2,1-5H3. The smallest absolute Gasteiger partial charge is 0.0123 e. The fraction of sp³-hybridized carbons (Fsp3) is 1.00. The summed E-state index contributed by atoms with van der Waals surface area (Å²) in [4.78, 5) is 0. The highest BCUT2D eigenvalue weighted by Gasteiger charge is 2.25. The molecular formula is C15H33N. The van der Waals surface area contributed by atoms with E-state index in [-0.39, 0.29) is 0 Å². The van der Waals surface area contributed by atoms with E-state index >= 15 is 0 Å². The summed E-state index contributed by atoms with van der Waals surface area (Å²) in [6.45, 7) is 12.7. The molecule has 1 heteroatoms. The van der Waals surface area contributed by atoms with E-state index in [0.29, 0.717) is 0 Å². The van der Waals surface area contributed by atoms with Crippen LogP contribution in [-0.4, -0.2) is 12.6 Å². The normalized spacial score (nSPS) is 13.7. The maximum atomic E-state index is 3.75. The number of hydrogen-bond acceptors (Lipinski definition) is 1. The summed E-state index contributed by atoms with van der Waals surface area (Å²) in [5, 5.41) is 3.75. The first-order valence-corrected chi connectivity index (χ1v) is 7.48. The molecule has 0 aromatic carbocycles. The minimum absolute atomic E-state index is 0.750. The van der Waals surface area contributed by atoms with Gasteiger partial charge in [0.25, 0.3) is 0 Å². The minimum atomic E-state index is 0.750. The molecule has 0 spiro atoms. The average molecular weight is 227 g/mol. The Morgan fingerprint density at radius 1 is 0.750 bits per heavy atom. The molecule has 0 saturated carbocycles. The maximum absolute atomic E-state index is 3.75. The van der Waals surface area contributed by atoms with Crippen LogP contribution < -0.4 is 5.32 Å². The van der Waals surface area contributed by atoms with Crippen LogP contribution in [0.4, 0.5) is 0 Å². The van der Waals surface area contributed by atoms with Gasteiger partial charge in [-0.15, -0.1) is 0 Å². The van der Waals surface area contributed by atoms with E-state index in [2.05, 4.69) is 39.9 Å². The van der Waals surface area contributed by atoms with Crippen LogP contribution in [0.25, 0.3) is 0 Å². The first kappa shape index (κ1) is 16.0. The summed E-state index contributed by atoms with van der Waals surface area (Å²) in [7, 11) is 0. The van der Waals surface area contributed by atoms with Gasteiger partial charge in [0.1, 0.15) is 0 Å². The van der Waals surface area contributed by atoms with Crippen LogP contribution in [0.1, 0.15) is 73.1 Å². The molecule has 1 atom stereocenters. The molecular weight excluding hydrogens is 194 g/mol. The van der Waals surface area contributed by atoms with Crippen molar-refractivity contribution in [2.75, 3.05) is 6.54 Å². The van der Waals surface area contributed by atoms with Crippen LogP contribution in [-0.2, 0) is 0 Å². The molecule has 0 aliphatic heterocycles. The highest BCUT2D eigenvalue weighted by atomic mass is 14.9. The first-order chi connectivity index (χ1) is 7.74. The second-order valence-corrected chi connectivity index (χ2v) is 5.00. The molecule has 0 aromatic heterocycles. The van der Waals surface area contributed by atoms with E-state index in [0.717, 1.165) is 24.4 Å². The topological polar surface area (TPSA) is 12.0 Å². The lowest BCUT2D eigenvalue weighted by atomic mass is 9.80. The third kappa shape index (κ3) is 5.34. The zero-order chi connectivity index (χ0) is 12.4. The van der Waals surface area contributed by atoms with Gasteiger partial charge in [-0.3, -0.25) is 0 Å². The van der Waals surface area contributed by atoms with Crippen molar-refractivity contribution in [3.8, 4) is 0 Å². The minimum Gasteiger partial charge on any atom is -0.314 e. The summed E-state index contributed by atoms with van der Waals surface area (Å²) in [6.07, 6.45) is 8.07. The number of rotatable bonds is 10. The molecule has 0 aliphatic carbocycles. The Balaban J connectivity index is 4.52. The van der Waals surface area contributed by atoms with E-state index < -0.39 is 0 Å². The van der Waals surface area contributed by atoms with Crippen LogP contribution in [0.2, 0.25) is 0 Å². The van der Waals surface area contributed by atoms with E-state index in [1.54, 1.807) is 0 Å². The van der Waals surface area contributed by atoms with Crippen molar-refractivity contribution in [1.82, 2.24) is 5.32 Å². The lowest BCUT2D eigenvalue weighted by Gasteiger charge is -2.33. The predicted octanol–water partition coefficient (Wildman–Crippen LogP) is 4.62. The van der Waals surface area contributed by atoms with Crippen LogP contribution in [0.5, 0.6) is 0 Å². The van der Waals surface area contributed by atoms with Gasteiger partial charge in [-0.2, -0.15) is 0 Å². The molecule has 0 rings (SSSR count). The zero-order valence-corrected chi connectivity index (χ0v) is 12.2. The Bertz CT molecular complexity index is 134. The summed E-state index contributed by atoms with van der Waals surface area (Å²) in [5.41, 5.74) is 0. The molecule has 0 fully saturated rings. The lowest BCUT2D eigenvalue weighted by molar-refractivity contribution is 0.223. The summed E-state index contributed by atoms with van der Waals surface area (Å²) >= 11 is 0. The molecule has 1 unspecified atom stereocenters. The fourth-order valence-corrected chi connectivity index (χ4v) is 3.00. The van der Waals surface area contributed by atoms with Crippen LogP contribution in [0, 0.1) is 11.8 Å². The molecule has 0 aromatic rings. The first-order valence-electron chi connectivity index (χ1n) is 7.48. The van der Waals surface area contributed by atoms with Gasteiger partial charge in [0.15, 0.2) is 0 Å². The molecule has 98 valence electrons. The van der Waals surface area contributed by atoms with E-state index in [1.807, 2.05) is 0 Å². The summed E-state index contributed by atoms with van der Waals surface area (Å²) < 4.78 is 0. The fourth-order valence-electron chi connectivity index (χ4n) is 3.00. The molecule has 0 bridgehead atoms. The Morgan fingerprint density at radius 2 is 1.25 bits per heavy atom. The summed E-state index contributed by atoms with van der Waals surface area (Å²) in [6, 6.07) is 0.750. The SMILES string of the molecule is CCCC(CCC)C(NCC)C(CC)CC. The monoisotopic (exact) mass is 227 g/mol. The molecule has 1 nitrogen and oxygen atoms in total. The van der Waals surface area contributed by atoms with Gasteiger partial charge in [0, 0.05) is 6.04 Å². The Hall–Kier alpha value is -0.0400. The molecule has 0 aliphatic rings. The van der Waals surface area contributed by atoms with Crippen molar-refractivity contribution in [2.24, 2.45) is 11.8 Å². The molecule has 0 amide bonds. The largest absolute Gasteiger partial charge is 0.314 e. The van der Waals surface area contributed by atoms with E-state index in [1.165, 1.54) is 38.5 Å². The van der Waals surface area contributed by atoms with E-state index in [9.17, 15) is 0 Å². The van der Waals surface area contributed by atoms with Crippen LogP contribution in [0.15, 0.2) is 0 Å². The third-order valence-corrected chi connectivity index (χ3v) is 3.82. The van der Waals surface area contributed by atoms with Crippen molar-refractivity contribution < 1.29 is 0 Å². The van der Waals surface area contributed by atoms with Crippen molar-refractivity contribution in [2.45, 2.75) is 79.2 Å². The van der Waals surface area contributed by atoms with Gasteiger partial charge in [-0.1, -0.05) is 60.3 Å². The summed E-state index contributed by atoms with van der Waals surface area (Å²) in [5.74, 6) is 1.75. The van der Waals surface area contributed by atoms with Crippen molar-refractivity contribution in [3.63, 3.8) is 0 Å². The van der Waals surface area contributed by atoms with Gasteiger partial charge in [0.2, 0.25) is 0 Å². The van der Waals surface area contributed by atoms with Gasteiger partial charge < -0.3 is 5.32 Å². The third-order valence-electron chi connectivity index (χ3n) is 3.82. The van der Waals surface area contributed by atoms with Gasteiger partial charge >= 0.3 is 0 Å². The Morgan fingerprint density at radius 3 is 1.56 bits per heavy atom. The highest BCUT2D eigenvalue weighted by Crippen LogP contribution is 2.26. The van der Waals surface area contributed by atoms with Gasteiger partial charge in [-0.25, -0.2) is 0 Å². The number of nitrogens with one attached hydrogen (secondary N) is 1. The van der Waals surface area contributed by atoms with Crippen molar-refractivity contribution >= 4 is 0 Å². The Labute approximate surface area is 103 Å². The average Bonchev–Trinajstić information content (AvgIpc) is 2.29. The molecule has 0 radical (unpaired) electrons. The van der Waals surface area contributed by atoms with Gasteiger partial charge in [0.05, 0.1) is 0 Å². The quantitative estimate of drug-likeness (QED) is 0.574. The second-order valence-electron chi connectivity index (χ2n) is 5.00. The molecule has 0 saturated heterocycles. The molecule has 1 N–H and O–H groups in total. The predicted molar refractivity (Wildman–Crippen MR) is 74.8 cm³/mol. The van der Waals surface area contributed by atoms with Crippen LogP contribution >= 0.6 is 0 Å². The van der Waals surface area contributed by atoms with Gasteiger partial charge in [-0.05, 0) is 31.2 Å².